The van der Waals surface area contributed by atoms with Crippen LogP contribution in [-0.4, -0.2) is 29.4 Å². The van der Waals surface area contributed by atoms with Crippen molar-refractivity contribution < 1.29 is 4.79 Å². The molecule has 1 aliphatic carbocycles. The Kier molecular flexibility index (Phi) is 4.29. The molecular formula is C18H26N2O. The van der Waals surface area contributed by atoms with Crippen LogP contribution in [0.25, 0.3) is 0 Å². The summed E-state index contributed by atoms with van der Waals surface area (Å²) >= 11 is 0. The average molecular weight is 286 g/mol. The molecule has 0 bridgehead atoms. The zero-order valence-corrected chi connectivity index (χ0v) is 13.1. The molecule has 1 saturated heterocycles. The zero-order valence-electron chi connectivity index (χ0n) is 13.1. The van der Waals surface area contributed by atoms with E-state index in [1.54, 1.807) is 0 Å². The van der Waals surface area contributed by atoms with Crippen molar-refractivity contribution in [3.05, 3.63) is 35.4 Å². The van der Waals surface area contributed by atoms with Crippen LogP contribution < -0.4 is 5.32 Å². The molecule has 0 radical (unpaired) electrons. The standard InChI is InChI=1S/C18H26N2O/c1-13-4-3-5-15(10-13)12-20(17-6-7-17)18(21)16-8-9-19-14(2)11-16/h3-5,10,14,16-17,19H,6-9,11-12H2,1-2H3. The molecular weight excluding hydrogens is 260 g/mol. The number of amides is 1. The van der Waals surface area contributed by atoms with E-state index in [0.29, 0.717) is 18.0 Å². The first-order valence-electron chi connectivity index (χ1n) is 8.23. The molecule has 1 aliphatic heterocycles. The number of aryl methyl sites for hydroxylation is 1. The Balaban J connectivity index is 1.70. The largest absolute Gasteiger partial charge is 0.335 e. The van der Waals surface area contributed by atoms with Crippen molar-refractivity contribution in [2.75, 3.05) is 6.54 Å². The van der Waals surface area contributed by atoms with Gasteiger partial charge in [0.15, 0.2) is 0 Å². The Morgan fingerprint density at radius 1 is 1.33 bits per heavy atom. The molecule has 1 aromatic carbocycles. The van der Waals surface area contributed by atoms with Gasteiger partial charge in [0.1, 0.15) is 0 Å². The van der Waals surface area contributed by atoms with Gasteiger partial charge in [-0.15, -0.1) is 0 Å². The monoisotopic (exact) mass is 286 g/mol. The quantitative estimate of drug-likeness (QED) is 0.923. The molecule has 0 spiro atoms. The van der Waals surface area contributed by atoms with E-state index in [1.165, 1.54) is 24.0 Å². The van der Waals surface area contributed by atoms with Gasteiger partial charge in [0.05, 0.1) is 0 Å². The lowest BCUT2D eigenvalue weighted by atomic mass is 9.91. The number of rotatable bonds is 4. The summed E-state index contributed by atoms with van der Waals surface area (Å²) in [7, 11) is 0. The Bertz CT molecular complexity index is 510. The van der Waals surface area contributed by atoms with Crippen molar-refractivity contribution in [1.29, 1.82) is 0 Å². The molecule has 114 valence electrons. The summed E-state index contributed by atoms with van der Waals surface area (Å²) in [5.41, 5.74) is 2.53. The highest BCUT2D eigenvalue weighted by molar-refractivity contribution is 5.79. The maximum Gasteiger partial charge on any atom is 0.226 e. The SMILES string of the molecule is Cc1cccc(CN(C(=O)C2CCNC(C)C2)C2CC2)c1. The number of carbonyl (C=O) groups is 1. The van der Waals surface area contributed by atoms with Crippen LogP contribution in [0.3, 0.4) is 0 Å². The average Bonchev–Trinajstić information content (AvgIpc) is 3.29. The first kappa shape index (κ1) is 14.6. The van der Waals surface area contributed by atoms with Crippen molar-refractivity contribution >= 4 is 5.91 Å². The lowest BCUT2D eigenvalue weighted by molar-refractivity contribution is -0.138. The van der Waals surface area contributed by atoms with E-state index >= 15 is 0 Å². The van der Waals surface area contributed by atoms with E-state index in [-0.39, 0.29) is 5.92 Å². The minimum Gasteiger partial charge on any atom is -0.335 e. The summed E-state index contributed by atoms with van der Waals surface area (Å²) in [5.74, 6) is 0.596. The van der Waals surface area contributed by atoms with Crippen LogP contribution in [0.2, 0.25) is 0 Å². The number of nitrogens with zero attached hydrogens (tertiary/aromatic N) is 1. The third kappa shape index (κ3) is 3.65. The van der Waals surface area contributed by atoms with Crippen LogP contribution >= 0.6 is 0 Å². The van der Waals surface area contributed by atoms with E-state index < -0.39 is 0 Å². The highest BCUT2D eigenvalue weighted by Gasteiger charge is 2.36. The van der Waals surface area contributed by atoms with Crippen LogP contribution in [-0.2, 0) is 11.3 Å². The van der Waals surface area contributed by atoms with Crippen LogP contribution in [0.4, 0.5) is 0 Å². The van der Waals surface area contributed by atoms with Crippen LogP contribution in [0, 0.1) is 12.8 Å². The molecule has 21 heavy (non-hydrogen) atoms. The summed E-state index contributed by atoms with van der Waals surface area (Å²) in [4.78, 5) is 15.1. The number of benzene rings is 1. The predicted molar refractivity (Wildman–Crippen MR) is 84.9 cm³/mol. The van der Waals surface area contributed by atoms with Crippen molar-refractivity contribution in [3.8, 4) is 0 Å². The molecule has 2 atom stereocenters. The normalized spacial score (nSPS) is 25.6. The van der Waals surface area contributed by atoms with Crippen molar-refractivity contribution in [1.82, 2.24) is 10.2 Å². The molecule has 3 heteroatoms. The second-order valence-electron chi connectivity index (χ2n) is 6.76. The summed E-state index contributed by atoms with van der Waals surface area (Å²) in [6, 6.07) is 9.50. The van der Waals surface area contributed by atoms with Crippen LogP contribution in [0.15, 0.2) is 24.3 Å². The molecule has 3 nitrogen and oxygen atoms in total. The van der Waals surface area contributed by atoms with Gasteiger partial charge in [-0.1, -0.05) is 29.8 Å². The fourth-order valence-electron chi connectivity index (χ4n) is 3.37. The third-order valence-electron chi connectivity index (χ3n) is 4.68. The van der Waals surface area contributed by atoms with E-state index in [0.717, 1.165) is 25.9 Å². The van der Waals surface area contributed by atoms with Gasteiger partial charge in [-0.3, -0.25) is 4.79 Å². The number of piperidine rings is 1. The van der Waals surface area contributed by atoms with Crippen molar-refractivity contribution in [3.63, 3.8) is 0 Å². The molecule has 1 saturated carbocycles. The Morgan fingerprint density at radius 3 is 2.81 bits per heavy atom. The van der Waals surface area contributed by atoms with Gasteiger partial charge >= 0.3 is 0 Å². The summed E-state index contributed by atoms with van der Waals surface area (Å²) in [5, 5.41) is 3.44. The fraction of sp³-hybridized carbons (Fsp3) is 0.611. The van der Waals surface area contributed by atoms with Gasteiger partial charge in [-0.2, -0.15) is 0 Å². The first-order valence-corrected chi connectivity index (χ1v) is 8.23. The highest BCUT2D eigenvalue weighted by Crippen LogP contribution is 2.31. The Labute approximate surface area is 127 Å². The van der Waals surface area contributed by atoms with Gasteiger partial charge in [0, 0.05) is 24.5 Å². The maximum atomic E-state index is 12.9. The number of hydrogen-bond donors (Lipinski definition) is 1. The second kappa shape index (κ2) is 6.18. The summed E-state index contributed by atoms with van der Waals surface area (Å²) in [6.07, 6.45) is 4.33. The Morgan fingerprint density at radius 2 is 2.14 bits per heavy atom. The van der Waals surface area contributed by atoms with Gasteiger partial charge in [0.25, 0.3) is 0 Å². The van der Waals surface area contributed by atoms with Crippen molar-refractivity contribution in [2.24, 2.45) is 5.92 Å². The maximum absolute atomic E-state index is 12.9. The highest BCUT2D eigenvalue weighted by atomic mass is 16.2. The lowest BCUT2D eigenvalue weighted by Gasteiger charge is -2.32. The molecule has 0 aromatic heterocycles. The first-order chi connectivity index (χ1) is 10.1. The third-order valence-corrected chi connectivity index (χ3v) is 4.68. The van der Waals surface area contributed by atoms with Gasteiger partial charge in [-0.05, 0) is 51.6 Å². The minimum absolute atomic E-state index is 0.214. The van der Waals surface area contributed by atoms with Gasteiger partial charge in [-0.25, -0.2) is 0 Å². The molecule has 1 N–H and O–H groups in total. The molecule has 2 fully saturated rings. The molecule has 1 amide bonds. The molecule has 2 aliphatic rings. The molecule has 2 unspecified atom stereocenters. The molecule has 3 rings (SSSR count). The van der Waals surface area contributed by atoms with Gasteiger partial charge < -0.3 is 10.2 Å². The van der Waals surface area contributed by atoms with E-state index in [9.17, 15) is 4.79 Å². The topological polar surface area (TPSA) is 32.3 Å². The Hall–Kier alpha value is -1.35. The number of carbonyl (C=O) groups excluding carboxylic acids is 1. The van der Waals surface area contributed by atoms with Crippen molar-refractivity contribution in [2.45, 2.75) is 58.2 Å². The number of hydrogen-bond acceptors (Lipinski definition) is 2. The second-order valence-corrected chi connectivity index (χ2v) is 6.76. The van der Waals surface area contributed by atoms with Gasteiger partial charge in [0.2, 0.25) is 5.91 Å². The van der Waals surface area contributed by atoms with E-state index in [1.807, 2.05) is 0 Å². The molecule has 1 heterocycles. The summed E-state index contributed by atoms with van der Waals surface area (Å²) < 4.78 is 0. The van der Waals surface area contributed by atoms with Crippen LogP contribution in [0.5, 0.6) is 0 Å². The van der Waals surface area contributed by atoms with E-state index in [4.69, 9.17) is 0 Å². The lowest BCUT2D eigenvalue weighted by Crippen LogP contribution is -2.44. The summed E-state index contributed by atoms with van der Waals surface area (Å²) in [6.45, 7) is 6.05. The molecule has 1 aromatic rings. The zero-order chi connectivity index (χ0) is 14.8. The predicted octanol–water partition coefficient (Wildman–Crippen LogP) is 2.87. The van der Waals surface area contributed by atoms with E-state index in [2.05, 4.69) is 48.3 Å². The fourth-order valence-corrected chi connectivity index (χ4v) is 3.37. The van der Waals surface area contributed by atoms with Crippen LogP contribution in [0.1, 0.15) is 43.7 Å². The minimum atomic E-state index is 0.214. The smallest absolute Gasteiger partial charge is 0.226 e. The number of nitrogens with one attached hydrogen (secondary N) is 1.